The first kappa shape index (κ1) is 11.7. The van der Waals surface area contributed by atoms with E-state index in [1.54, 1.807) is 0 Å². The minimum Gasteiger partial charge on any atom is -0.373 e. The molecule has 1 aliphatic rings. The Balaban J connectivity index is 2.29. The summed E-state index contributed by atoms with van der Waals surface area (Å²) in [6, 6.07) is 0. The monoisotopic (exact) mass is 237 g/mol. The molecule has 16 heavy (non-hydrogen) atoms. The highest BCUT2D eigenvalue weighted by atomic mass is 32.2. The molecule has 0 amide bonds. The highest BCUT2D eigenvalue weighted by molar-refractivity contribution is 7.99. The van der Waals surface area contributed by atoms with Gasteiger partial charge in [-0.3, -0.25) is 0 Å². The van der Waals surface area contributed by atoms with Gasteiger partial charge in [-0.25, -0.2) is 9.97 Å². The van der Waals surface area contributed by atoms with Crippen molar-refractivity contribution in [2.75, 3.05) is 18.1 Å². The van der Waals surface area contributed by atoms with Crippen LogP contribution in [0.25, 0.3) is 0 Å². The highest BCUT2D eigenvalue weighted by Gasteiger charge is 2.20. The molecule has 0 spiro atoms. The molecule has 1 aliphatic heterocycles. The molecule has 2 heterocycles. The summed E-state index contributed by atoms with van der Waals surface area (Å²) in [4.78, 5) is 9.27. The maximum absolute atomic E-state index is 4.63. The molecule has 0 aliphatic carbocycles. The third-order valence-electron chi connectivity index (χ3n) is 3.11. The third kappa shape index (κ3) is 2.32. The van der Waals surface area contributed by atoms with Crippen LogP contribution < -0.4 is 5.32 Å². The van der Waals surface area contributed by atoms with Crippen molar-refractivity contribution in [1.82, 2.24) is 9.97 Å². The highest BCUT2D eigenvalue weighted by Crippen LogP contribution is 2.37. The summed E-state index contributed by atoms with van der Waals surface area (Å²) in [7, 11) is 1.92. The van der Waals surface area contributed by atoms with Gasteiger partial charge in [-0.2, -0.15) is 11.8 Å². The number of thioether (sulfide) groups is 1. The SMILES string of the molecule is CNc1nc(C2CCCCS2)nc(C)c1C. The van der Waals surface area contributed by atoms with Crippen LogP contribution in [0.5, 0.6) is 0 Å². The number of anilines is 1. The molecule has 88 valence electrons. The topological polar surface area (TPSA) is 37.8 Å². The van der Waals surface area contributed by atoms with Crippen molar-refractivity contribution in [3.8, 4) is 0 Å². The molecule has 0 bridgehead atoms. The Morgan fingerprint density at radius 1 is 1.25 bits per heavy atom. The second kappa shape index (κ2) is 5.04. The van der Waals surface area contributed by atoms with E-state index in [0.29, 0.717) is 5.25 Å². The van der Waals surface area contributed by atoms with E-state index in [-0.39, 0.29) is 0 Å². The van der Waals surface area contributed by atoms with Crippen molar-refractivity contribution < 1.29 is 0 Å². The van der Waals surface area contributed by atoms with Crippen LogP contribution in [0.1, 0.15) is 41.6 Å². The summed E-state index contributed by atoms with van der Waals surface area (Å²) < 4.78 is 0. The molecule has 2 rings (SSSR count). The summed E-state index contributed by atoms with van der Waals surface area (Å²) in [5, 5.41) is 3.66. The lowest BCUT2D eigenvalue weighted by Crippen LogP contribution is -2.10. The Morgan fingerprint density at radius 2 is 2.06 bits per heavy atom. The second-order valence-corrected chi connectivity index (χ2v) is 5.56. The smallest absolute Gasteiger partial charge is 0.143 e. The minimum atomic E-state index is 0.500. The fourth-order valence-corrected chi connectivity index (χ4v) is 3.23. The molecule has 1 aromatic rings. The maximum atomic E-state index is 4.63. The summed E-state index contributed by atoms with van der Waals surface area (Å²) in [6.07, 6.45) is 3.87. The number of rotatable bonds is 2. The molecular weight excluding hydrogens is 218 g/mol. The molecule has 1 unspecified atom stereocenters. The van der Waals surface area contributed by atoms with Crippen LogP contribution in [-0.4, -0.2) is 22.8 Å². The third-order valence-corrected chi connectivity index (χ3v) is 4.48. The summed E-state index contributed by atoms with van der Waals surface area (Å²) in [5.41, 5.74) is 2.26. The van der Waals surface area contributed by atoms with Gasteiger partial charge in [-0.05, 0) is 32.4 Å². The van der Waals surface area contributed by atoms with E-state index in [1.807, 2.05) is 18.8 Å². The molecule has 1 fully saturated rings. The zero-order valence-corrected chi connectivity index (χ0v) is 11.0. The van der Waals surface area contributed by atoms with Crippen LogP contribution in [0.4, 0.5) is 5.82 Å². The van der Waals surface area contributed by atoms with Crippen LogP contribution in [0, 0.1) is 13.8 Å². The van der Waals surface area contributed by atoms with E-state index >= 15 is 0 Å². The fourth-order valence-electron chi connectivity index (χ4n) is 1.98. The van der Waals surface area contributed by atoms with Crippen molar-refractivity contribution >= 4 is 17.6 Å². The van der Waals surface area contributed by atoms with Gasteiger partial charge >= 0.3 is 0 Å². The number of nitrogens with zero attached hydrogens (tertiary/aromatic N) is 2. The van der Waals surface area contributed by atoms with Crippen LogP contribution in [0.15, 0.2) is 0 Å². The minimum absolute atomic E-state index is 0.500. The number of nitrogens with one attached hydrogen (secondary N) is 1. The first-order valence-corrected chi connectivity index (χ1v) is 6.91. The standard InChI is InChI=1S/C12H19N3S/c1-8-9(2)14-12(15-11(8)13-3)10-6-4-5-7-16-10/h10H,4-7H2,1-3H3,(H,13,14,15). The molecule has 1 N–H and O–H groups in total. The quantitative estimate of drug-likeness (QED) is 0.857. The Labute approximate surface area is 101 Å². The van der Waals surface area contributed by atoms with Crippen molar-refractivity contribution in [1.29, 1.82) is 0 Å². The number of hydrogen-bond acceptors (Lipinski definition) is 4. The average molecular weight is 237 g/mol. The lowest BCUT2D eigenvalue weighted by atomic mass is 10.1. The van der Waals surface area contributed by atoms with Gasteiger partial charge in [-0.1, -0.05) is 6.42 Å². The van der Waals surface area contributed by atoms with E-state index in [9.17, 15) is 0 Å². The average Bonchev–Trinajstić information content (AvgIpc) is 2.33. The molecule has 1 saturated heterocycles. The van der Waals surface area contributed by atoms with Gasteiger partial charge in [-0.15, -0.1) is 0 Å². The normalized spacial score (nSPS) is 20.8. The zero-order valence-electron chi connectivity index (χ0n) is 10.2. The predicted octanol–water partition coefficient (Wildman–Crippen LogP) is 3.09. The first-order valence-electron chi connectivity index (χ1n) is 5.87. The summed E-state index contributed by atoms with van der Waals surface area (Å²) in [5.74, 6) is 3.24. The molecule has 1 aromatic heterocycles. The lowest BCUT2D eigenvalue weighted by molar-refractivity contribution is 0.660. The van der Waals surface area contributed by atoms with Gasteiger partial charge in [0.1, 0.15) is 11.6 Å². The second-order valence-electron chi connectivity index (χ2n) is 4.25. The van der Waals surface area contributed by atoms with Crippen LogP contribution in [0.3, 0.4) is 0 Å². The van der Waals surface area contributed by atoms with E-state index in [0.717, 1.165) is 22.9 Å². The van der Waals surface area contributed by atoms with Crippen LogP contribution in [0.2, 0.25) is 0 Å². The van der Waals surface area contributed by atoms with Gasteiger partial charge in [0, 0.05) is 18.3 Å². The van der Waals surface area contributed by atoms with E-state index < -0.39 is 0 Å². The van der Waals surface area contributed by atoms with Gasteiger partial charge in [0.25, 0.3) is 0 Å². The van der Waals surface area contributed by atoms with Crippen LogP contribution >= 0.6 is 11.8 Å². The molecule has 0 aromatic carbocycles. The number of aryl methyl sites for hydroxylation is 1. The van der Waals surface area contributed by atoms with Crippen molar-refractivity contribution in [3.05, 3.63) is 17.1 Å². The number of hydrogen-bond donors (Lipinski definition) is 1. The first-order chi connectivity index (χ1) is 7.72. The maximum Gasteiger partial charge on any atom is 0.143 e. The predicted molar refractivity (Wildman–Crippen MR) is 70.1 cm³/mol. The molecule has 1 atom stereocenters. The van der Waals surface area contributed by atoms with E-state index in [2.05, 4.69) is 29.1 Å². The van der Waals surface area contributed by atoms with Crippen LogP contribution in [-0.2, 0) is 0 Å². The van der Waals surface area contributed by atoms with Crippen molar-refractivity contribution in [2.24, 2.45) is 0 Å². The van der Waals surface area contributed by atoms with E-state index in [4.69, 9.17) is 0 Å². The number of aromatic nitrogens is 2. The fraction of sp³-hybridized carbons (Fsp3) is 0.667. The summed E-state index contributed by atoms with van der Waals surface area (Å²) in [6.45, 7) is 4.13. The van der Waals surface area contributed by atoms with Gasteiger partial charge in [0.15, 0.2) is 0 Å². The lowest BCUT2D eigenvalue weighted by Gasteiger charge is -2.21. The zero-order chi connectivity index (χ0) is 11.5. The van der Waals surface area contributed by atoms with E-state index in [1.165, 1.54) is 25.0 Å². The van der Waals surface area contributed by atoms with Crippen molar-refractivity contribution in [2.45, 2.75) is 38.4 Å². The Morgan fingerprint density at radius 3 is 2.69 bits per heavy atom. The molecular formula is C12H19N3S. The Kier molecular flexibility index (Phi) is 3.69. The molecule has 0 radical (unpaired) electrons. The van der Waals surface area contributed by atoms with Gasteiger partial charge in [0.05, 0.1) is 5.25 Å². The largest absolute Gasteiger partial charge is 0.373 e. The molecule has 0 saturated carbocycles. The summed E-state index contributed by atoms with van der Waals surface area (Å²) >= 11 is 2.00. The molecule has 3 nitrogen and oxygen atoms in total. The van der Waals surface area contributed by atoms with Crippen molar-refractivity contribution in [3.63, 3.8) is 0 Å². The van der Waals surface area contributed by atoms with Gasteiger partial charge < -0.3 is 5.32 Å². The molecule has 4 heteroatoms. The Hall–Kier alpha value is -0.770. The van der Waals surface area contributed by atoms with Gasteiger partial charge in [0.2, 0.25) is 0 Å². The Bertz CT molecular complexity index is 373.